The van der Waals surface area contributed by atoms with Crippen LogP contribution in [0.1, 0.15) is 37.3 Å². The van der Waals surface area contributed by atoms with Crippen LogP contribution in [0, 0.1) is 12.8 Å². The van der Waals surface area contributed by atoms with Crippen LogP contribution in [0.25, 0.3) is 0 Å². The van der Waals surface area contributed by atoms with Crippen molar-refractivity contribution in [1.29, 1.82) is 0 Å². The number of sulfonamides is 1. The zero-order valence-electron chi connectivity index (χ0n) is 11.7. The lowest BCUT2D eigenvalue weighted by atomic mass is 10.1. The quantitative estimate of drug-likeness (QED) is 0.835. The zero-order valence-corrected chi connectivity index (χ0v) is 13.4. The highest BCUT2D eigenvalue weighted by Gasteiger charge is 2.29. The summed E-state index contributed by atoms with van der Waals surface area (Å²) in [7, 11) is -3.48. The Kier molecular flexibility index (Phi) is 4.46. The number of aryl methyl sites for hydroxylation is 1. The van der Waals surface area contributed by atoms with Gasteiger partial charge in [0, 0.05) is 11.6 Å². The zero-order chi connectivity index (χ0) is 14.9. The molecule has 0 radical (unpaired) electrons. The minimum Gasteiger partial charge on any atom is -0.389 e. The number of nitrogens with one attached hydrogen (secondary N) is 1. The van der Waals surface area contributed by atoms with Crippen molar-refractivity contribution in [2.24, 2.45) is 11.7 Å². The molecule has 4 nitrogen and oxygen atoms in total. The molecule has 2 atom stereocenters. The molecule has 3 N–H and O–H groups in total. The first-order chi connectivity index (χ1) is 9.31. The first-order valence-corrected chi connectivity index (χ1v) is 8.63. The Morgan fingerprint density at radius 2 is 2.10 bits per heavy atom. The van der Waals surface area contributed by atoms with Crippen molar-refractivity contribution in [2.45, 2.75) is 44.0 Å². The molecule has 0 bridgehead atoms. The van der Waals surface area contributed by atoms with Crippen LogP contribution in [0.5, 0.6) is 0 Å². The first-order valence-electron chi connectivity index (χ1n) is 6.74. The number of nitrogens with two attached hydrogens (primary N) is 1. The van der Waals surface area contributed by atoms with E-state index in [0.717, 1.165) is 19.3 Å². The molecule has 6 heteroatoms. The Hall–Kier alpha value is -0.980. The average molecular weight is 312 g/mol. The molecule has 110 valence electrons. The van der Waals surface area contributed by atoms with Crippen LogP contribution in [-0.4, -0.2) is 19.4 Å². The van der Waals surface area contributed by atoms with E-state index in [2.05, 4.69) is 11.6 Å². The summed E-state index contributed by atoms with van der Waals surface area (Å²) >= 11 is 4.90. The summed E-state index contributed by atoms with van der Waals surface area (Å²) in [5.74, 6) is 0.390. The number of hydrogen-bond donors (Lipinski definition) is 2. The smallest absolute Gasteiger partial charge is 0.241 e. The van der Waals surface area contributed by atoms with E-state index in [1.165, 1.54) is 0 Å². The Morgan fingerprint density at radius 3 is 2.60 bits per heavy atom. The molecular formula is C14H20N2O2S2. The van der Waals surface area contributed by atoms with Crippen molar-refractivity contribution in [2.75, 3.05) is 0 Å². The van der Waals surface area contributed by atoms with Gasteiger partial charge in [0.2, 0.25) is 10.0 Å². The molecular weight excluding hydrogens is 292 g/mol. The molecule has 0 amide bonds. The van der Waals surface area contributed by atoms with Crippen molar-refractivity contribution in [3.05, 3.63) is 29.3 Å². The maximum absolute atomic E-state index is 12.5. The van der Waals surface area contributed by atoms with Crippen LogP contribution in [0.15, 0.2) is 23.1 Å². The Morgan fingerprint density at radius 1 is 1.40 bits per heavy atom. The number of hydrogen-bond acceptors (Lipinski definition) is 3. The second-order valence-corrected chi connectivity index (χ2v) is 7.60. The van der Waals surface area contributed by atoms with E-state index in [9.17, 15) is 8.42 Å². The van der Waals surface area contributed by atoms with E-state index >= 15 is 0 Å². The summed E-state index contributed by atoms with van der Waals surface area (Å²) in [6.45, 7) is 3.84. The highest BCUT2D eigenvalue weighted by atomic mass is 32.2. The van der Waals surface area contributed by atoms with Crippen molar-refractivity contribution < 1.29 is 8.42 Å². The molecule has 1 aromatic carbocycles. The molecule has 2 rings (SSSR count). The Labute approximate surface area is 125 Å². The molecule has 1 aromatic rings. The van der Waals surface area contributed by atoms with Gasteiger partial charge < -0.3 is 5.73 Å². The fourth-order valence-electron chi connectivity index (χ4n) is 2.69. The fraction of sp³-hybridized carbons (Fsp3) is 0.500. The molecule has 1 fully saturated rings. The third-order valence-electron chi connectivity index (χ3n) is 3.92. The SMILES string of the molecule is Cc1cc(C(N)=S)ccc1S(=O)(=O)NC1CCCC1C. The van der Waals surface area contributed by atoms with Gasteiger partial charge in [0.25, 0.3) is 0 Å². The maximum Gasteiger partial charge on any atom is 0.241 e. The molecule has 1 aliphatic rings. The van der Waals surface area contributed by atoms with Crippen LogP contribution in [0.4, 0.5) is 0 Å². The monoisotopic (exact) mass is 312 g/mol. The van der Waals surface area contributed by atoms with Crippen LogP contribution < -0.4 is 10.5 Å². The number of thiocarbonyl (C=S) groups is 1. The highest BCUT2D eigenvalue weighted by molar-refractivity contribution is 7.89. The van der Waals surface area contributed by atoms with Gasteiger partial charge in [-0.3, -0.25) is 0 Å². The lowest BCUT2D eigenvalue weighted by molar-refractivity contribution is 0.476. The lowest BCUT2D eigenvalue weighted by Gasteiger charge is -2.18. The summed E-state index contributed by atoms with van der Waals surface area (Å²) in [5, 5.41) is 0. The van der Waals surface area contributed by atoms with Crippen molar-refractivity contribution in [1.82, 2.24) is 4.72 Å². The van der Waals surface area contributed by atoms with E-state index < -0.39 is 10.0 Å². The number of benzene rings is 1. The van der Waals surface area contributed by atoms with Gasteiger partial charge in [-0.2, -0.15) is 0 Å². The molecule has 0 spiro atoms. The van der Waals surface area contributed by atoms with Gasteiger partial charge in [0.15, 0.2) is 0 Å². The van der Waals surface area contributed by atoms with Gasteiger partial charge in [0.05, 0.1) is 4.90 Å². The van der Waals surface area contributed by atoms with Gasteiger partial charge in [0.1, 0.15) is 4.99 Å². The normalized spacial score (nSPS) is 22.9. The molecule has 2 unspecified atom stereocenters. The first kappa shape index (κ1) is 15.4. The molecule has 1 saturated carbocycles. The molecule has 0 heterocycles. The molecule has 20 heavy (non-hydrogen) atoms. The third kappa shape index (κ3) is 3.19. The van der Waals surface area contributed by atoms with E-state index in [1.807, 2.05) is 0 Å². The van der Waals surface area contributed by atoms with E-state index in [0.29, 0.717) is 21.9 Å². The second-order valence-electron chi connectivity index (χ2n) is 5.48. The highest BCUT2D eigenvalue weighted by Crippen LogP contribution is 2.27. The van der Waals surface area contributed by atoms with Gasteiger partial charge >= 0.3 is 0 Å². The Bertz CT molecular complexity index is 626. The summed E-state index contributed by atoms with van der Waals surface area (Å²) < 4.78 is 27.7. The van der Waals surface area contributed by atoms with Crippen molar-refractivity contribution in [3.8, 4) is 0 Å². The topological polar surface area (TPSA) is 72.2 Å². The standard InChI is InChI=1S/C14H20N2O2S2/c1-9-4-3-5-12(9)16-20(17,18)13-7-6-11(14(15)19)8-10(13)2/h6-9,12,16H,3-5H2,1-2H3,(H2,15,19). The fourth-order valence-corrected chi connectivity index (χ4v) is 4.42. The largest absolute Gasteiger partial charge is 0.389 e. The average Bonchev–Trinajstić information content (AvgIpc) is 2.73. The van der Waals surface area contributed by atoms with Gasteiger partial charge in [-0.15, -0.1) is 0 Å². The minimum atomic E-state index is -3.48. The van der Waals surface area contributed by atoms with Crippen LogP contribution in [0.2, 0.25) is 0 Å². The second kappa shape index (κ2) is 5.79. The molecule has 0 aliphatic heterocycles. The van der Waals surface area contributed by atoms with Crippen LogP contribution >= 0.6 is 12.2 Å². The minimum absolute atomic E-state index is 0.0367. The lowest BCUT2D eigenvalue weighted by Crippen LogP contribution is -2.36. The third-order valence-corrected chi connectivity index (χ3v) is 5.80. The van der Waals surface area contributed by atoms with Crippen LogP contribution in [0.3, 0.4) is 0 Å². The Balaban J connectivity index is 2.27. The summed E-state index contributed by atoms with van der Waals surface area (Å²) in [4.78, 5) is 0.575. The van der Waals surface area contributed by atoms with Gasteiger partial charge in [-0.05, 0) is 43.4 Å². The molecule has 0 aromatic heterocycles. The molecule has 1 aliphatic carbocycles. The van der Waals surface area contributed by atoms with Crippen molar-refractivity contribution in [3.63, 3.8) is 0 Å². The maximum atomic E-state index is 12.5. The summed E-state index contributed by atoms with van der Waals surface area (Å²) in [5.41, 5.74) is 6.90. The summed E-state index contributed by atoms with van der Waals surface area (Å²) in [6, 6.07) is 4.98. The van der Waals surface area contributed by atoms with E-state index in [-0.39, 0.29) is 11.0 Å². The van der Waals surface area contributed by atoms with Crippen molar-refractivity contribution >= 4 is 27.2 Å². The van der Waals surface area contributed by atoms with E-state index in [4.69, 9.17) is 18.0 Å². The van der Waals surface area contributed by atoms with Gasteiger partial charge in [-0.25, -0.2) is 13.1 Å². The van der Waals surface area contributed by atoms with E-state index in [1.54, 1.807) is 25.1 Å². The summed E-state index contributed by atoms with van der Waals surface area (Å²) in [6.07, 6.45) is 3.06. The van der Waals surface area contributed by atoms with Gasteiger partial charge in [-0.1, -0.05) is 31.6 Å². The predicted molar refractivity (Wildman–Crippen MR) is 84.2 cm³/mol. The van der Waals surface area contributed by atoms with Crippen LogP contribution in [-0.2, 0) is 10.0 Å². The molecule has 0 saturated heterocycles. The predicted octanol–water partition coefficient (Wildman–Crippen LogP) is 2.10. The number of rotatable bonds is 4.